The van der Waals surface area contributed by atoms with Crippen LogP contribution in [-0.2, 0) is 7.05 Å². The predicted octanol–water partition coefficient (Wildman–Crippen LogP) is 3.56. The van der Waals surface area contributed by atoms with E-state index in [1.165, 1.54) is 0 Å². The lowest BCUT2D eigenvalue weighted by atomic mass is 10.1. The second-order valence-corrected chi connectivity index (χ2v) is 4.65. The van der Waals surface area contributed by atoms with E-state index < -0.39 is 0 Å². The highest BCUT2D eigenvalue weighted by molar-refractivity contribution is 6.33. The van der Waals surface area contributed by atoms with Crippen LogP contribution in [0.15, 0.2) is 30.6 Å². The Morgan fingerprint density at radius 1 is 1.41 bits per heavy atom. The van der Waals surface area contributed by atoms with Crippen molar-refractivity contribution in [2.75, 3.05) is 5.32 Å². The zero-order valence-electron chi connectivity index (χ0n) is 10.2. The van der Waals surface area contributed by atoms with Crippen molar-refractivity contribution in [2.24, 2.45) is 7.05 Å². The third-order valence-electron chi connectivity index (χ3n) is 2.81. The lowest BCUT2D eigenvalue weighted by Crippen LogP contribution is -2.07. The largest absolute Gasteiger partial charge is 0.377 e. The molecule has 0 spiro atoms. The van der Waals surface area contributed by atoms with Crippen molar-refractivity contribution in [3.05, 3.63) is 46.7 Å². The van der Waals surface area contributed by atoms with E-state index in [0.29, 0.717) is 0 Å². The van der Waals surface area contributed by atoms with Gasteiger partial charge in [0.15, 0.2) is 0 Å². The van der Waals surface area contributed by atoms with Gasteiger partial charge in [0, 0.05) is 18.8 Å². The van der Waals surface area contributed by atoms with Crippen LogP contribution >= 0.6 is 11.6 Å². The van der Waals surface area contributed by atoms with Gasteiger partial charge in [0.25, 0.3) is 0 Å². The average molecular weight is 250 g/mol. The van der Waals surface area contributed by atoms with Gasteiger partial charge in [0.2, 0.25) is 0 Å². The summed E-state index contributed by atoms with van der Waals surface area (Å²) in [5, 5.41) is 8.34. The molecule has 4 heteroatoms. The standard InChI is InChI=1S/C13H16ClN3/c1-9-5-4-6-12(14)13(9)16-10(2)11-7-15-17(3)8-11/h4-8,10,16H,1-3H3. The quantitative estimate of drug-likeness (QED) is 0.902. The number of rotatable bonds is 3. The number of nitrogens with zero attached hydrogens (tertiary/aromatic N) is 2. The number of nitrogens with one attached hydrogen (secondary N) is 1. The Bertz CT molecular complexity index is 499. The average Bonchev–Trinajstić information content (AvgIpc) is 2.70. The van der Waals surface area contributed by atoms with E-state index in [2.05, 4.69) is 17.3 Å². The number of halogens is 1. The Hall–Kier alpha value is -1.48. The number of para-hydroxylation sites is 1. The monoisotopic (exact) mass is 249 g/mol. The summed E-state index contributed by atoms with van der Waals surface area (Å²) >= 11 is 6.18. The fourth-order valence-corrected chi connectivity index (χ4v) is 2.05. The number of aryl methyl sites for hydroxylation is 2. The van der Waals surface area contributed by atoms with E-state index in [-0.39, 0.29) is 6.04 Å². The van der Waals surface area contributed by atoms with Gasteiger partial charge in [0.05, 0.1) is 22.9 Å². The molecule has 3 nitrogen and oxygen atoms in total. The van der Waals surface area contributed by atoms with Crippen molar-refractivity contribution in [1.82, 2.24) is 9.78 Å². The minimum atomic E-state index is 0.183. The zero-order chi connectivity index (χ0) is 12.4. The van der Waals surface area contributed by atoms with Crippen molar-refractivity contribution in [1.29, 1.82) is 0 Å². The Morgan fingerprint density at radius 3 is 2.76 bits per heavy atom. The molecule has 90 valence electrons. The molecule has 0 saturated carbocycles. The molecule has 1 heterocycles. The summed E-state index contributed by atoms with van der Waals surface area (Å²) in [6.45, 7) is 4.14. The molecule has 0 aliphatic heterocycles. The molecule has 0 amide bonds. The Balaban J connectivity index is 2.21. The van der Waals surface area contributed by atoms with Gasteiger partial charge in [-0.25, -0.2) is 0 Å². The highest BCUT2D eigenvalue weighted by atomic mass is 35.5. The summed E-state index contributed by atoms with van der Waals surface area (Å²) in [6.07, 6.45) is 3.87. The molecule has 0 fully saturated rings. The van der Waals surface area contributed by atoms with Crippen LogP contribution in [0.1, 0.15) is 24.1 Å². The predicted molar refractivity (Wildman–Crippen MR) is 71.4 cm³/mol. The van der Waals surface area contributed by atoms with E-state index in [0.717, 1.165) is 21.8 Å². The molecular formula is C13H16ClN3. The van der Waals surface area contributed by atoms with Crippen LogP contribution in [0.2, 0.25) is 5.02 Å². The van der Waals surface area contributed by atoms with Gasteiger partial charge in [-0.15, -0.1) is 0 Å². The smallest absolute Gasteiger partial charge is 0.0640 e. The maximum Gasteiger partial charge on any atom is 0.0640 e. The normalized spacial score (nSPS) is 12.5. The topological polar surface area (TPSA) is 29.9 Å². The Labute approximate surface area is 106 Å². The Kier molecular flexibility index (Phi) is 3.38. The van der Waals surface area contributed by atoms with E-state index in [9.17, 15) is 0 Å². The van der Waals surface area contributed by atoms with Crippen LogP contribution in [0, 0.1) is 6.92 Å². The highest BCUT2D eigenvalue weighted by Gasteiger charge is 2.10. The van der Waals surface area contributed by atoms with Gasteiger partial charge in [-0.1, -0.05) is 23.7 Å². The van der Waals surface area contributed by atoms with Gasteiger partial charge in [-0.05, 0) is 25.5 Å². The summed E-state index contributed by atoms with van der Waals surface area (Å²) in [7, 11) is 1.91. The van der Waals surface area contributed by atoms with Crippen molar-refractivity contribution in [3.63, 3.8) is 0 Å². The first-order valence-corrected chi connectivity index (χ1v) is 5.96. The molecule has 0 aliphatic carbocycles. The molecule has 0 aliphatic rings. The first-order valence-electron chi connectivity index (χ1n) is 5.58. The SMILES string of the molecule is Cc1cccc(Cl)c1NC(C)c1cnn(C)c1. The molecule has 1 aromatic carbocycles. The fraction of sp³-hybridized carbons (Fsp3) is 0.308. The number of anilines is 1. The van der Waals surface area contributed by atoms with Crippen molar-refractivity contribution >= 4 is 17.3 Å². The lowest BCUT2D eigenvalue weighted by molar-refractivity contribution is 0.765. The van der Waals surface area contributed by atoms with Gasteiger partial charge >= 0.3 is 0 Å². The molecule has 1 aromatic heterocycles. The lowest BCUT2D eigenvalue weighted by Gasteiger charge is -2.16. The first-order chi connectivity index (χ1) is 8.08. The number of hydrogen-bond donors (Lipinski definition) is 1. The zero-order valence-corrected chi connectivity index (χ0v) is 11.0. The van der Waals surface area contributed by atoms with Crippen molar-refractivity contribution < 1.29 is 0 Å². The molecule has 1 N–H and O–H groups in total. The van der Waals surface area contributed by atoms with Crippen LogP contribution in [-0.4, -0.2) is 9.78 Å². The van der Waals surface area contributed by atoms with Crippen molar-refractivity contribution in [3.8, 4) is 0 Å². The molecule has 2 rings (SSSR count). The summed E-state index contributed by atoms with van der Waals surface area (Å²) in [6, 6.07) is 6.08. The number of benzene rings is 1. The molecule has 2 aromatic rings. The molecule has 0 saturated heterocycles. The summed E-state index contributed by atoms with van der Waals surface area (Å²) in [4.78, 5) is 0. The minimum absolute atomic E-state index is 0.183. The molecule has 17 heavy (non-hydrogen) atoms. The van der Waals surface area contributed by atoms with Crippen LogP contribution in [0.3, 0.4) is 0 Å². The highest BCUT2D eigenvalue weighted by Crippen LogP contribution is 2.28. The third-order valence-corrected chi connectivity index (χ3v) is 3.12. The first kappa shape index (κ1) is 12.0. The second kappa shape index (κ2) is 4.80. The summed E-state index contributed by atoms with van der Waals surface area (Å²) in [5.74, 6) is 0. The van der Waals surface area contributed by atoms with E-state index in [1.807, 2.05) is 44.6 Å². The Morgan fingerprint density at radius 2 is 2.18 bits per heavy atom. The maximum atomic E-state index is 6.18. The fourth-order valence-electron chi connectivity index (χ4n) is 1.78. The minimum Gasteiger partial charge on any atom is -0.377 e. The molecule has 0 bridgehead atoms. The van der Waals surface area contributed by atoms with Gasteiger partial charge in [0.1, 0.15) is 0 Å². The third kappa shape index (κ3) is 2.61. The van der Waals surface area contributed by atoms with E-state index in [4.69, 9.17) is 11.6 Å². The summed E-state index contributed by atoms with van der Waals surface area (Å²) in [5.41, 5.74) is 3.28. The van der Waals surface area contributed by atoms with Crippen LogP contribution in [0.4, 0.5) is 5.69 Å². The van der Waals surface area contributed by atoms with Gasteiger partial charge in [-0.3, -0.25) is 4.68 Å². The summed E-state index contributed by atoms with van der Waals surface area (Å²) < 4.78 is 1.80. The second-order valence-electron chi connectivity index (χ2n) is 4.25. The van der Waals surface area contributed by atoms with Crippen LogP contribution in [0.5, 0.6) is 0 Å². The van der Waals surface area contributed by atoms with E-state index in [1.54, 1.807) is 4.68 Å². The van der Waals surface area contributed by atoms with E-state index >= 15 is 0 Å². The van der Waals surface area contributed by atoms with Gasteiger partial charge in [-0.2, -0.15) is 5.10 Å². The molecule has 1 unspecified atom stereocenters. The molecule has 0 radical (unpaired) electrons. The van der Waals surface area contributed by atoms with Crippen LogP contribution < -0.4 is 5.32 Å². The van der Waals surface area contributed by atoms with Crippen LogP contribution in [0.25, 0.3) is 0 Å². The molecule has 1 atom stereocenters. The number of aromatic nitrogens is 2. The maximum absolute atomic E-state index is 6.18. The molecular weight excluding hydrogens is 234 g/mol. The number of hydrogen-bond acceptors (Lipinski definition) is 2. The van der Waals surface area contributed by atoms with Gasteiger partial charge < -0.3 is 5.32 Å². The van der Waals surface area contributed by atoms with Crippen molar-refractivity contribution in [2.45, 2.75) is 19.9 Å².